The van der Waals surface area contributed by atoms with Crippen LogP contribution in [0.15, 0.2) is 29.6 Å². The molecule has 0 bridgehead atoms. The third kappa shape index (κ3) is 5.63. The zero-order chi connectivity index (χ0) is 20.7. The van der Waals surface area contributed by atoms with Crippen molar-refractivity contribution in [3.63, 3.8) is 0 Å². The summed E-state index contributed by atoms with van der Waals surface area (Å²) in [5.41, 5.74) is 2.18. The molecule has 2 atom stereocenters. The van der Waals surface area contributed by atoms with E-state index >= 15 is 0 Å². The molecule has 1 aromatic carbocycles. The molecular weight excluding hydrogens is 380 g/mol. The van der Waals surface area contributed by atoms with E-state index in [4.69, 9.17) is 9.47 Å². The van der Waals surface area contributed by atoms with Crippen LogP contribution in [0.4, 0.5) is 0 Å². The fraction of sp³-hybridized carbons (Fsp3) is 0.400. The summed E-state index contributed by atoms with van der Waals surface area (Å²) >= 11 is 1.32. The van der Waals surface area contributed by atoms with Gasteiger partial charge >= 0.3 is 11.9 Å². The third-order valence-electron chi connectivity index (χ3n) is 4.33. The van der Waals surface area contributed by atoms with Gasteiger partial charge in [-0.3, -0.25) is 4.79 Å². The fourth-order valence-electron chi connectivity index (χ4n) is 2.41. The Morgan fingerprint density at radius 3 is 2.50 bits per heavy atom. The lowest BCUT2D eigenvalue weighted by Gasteiger charge is -2.21. The average molecular weight is 404 g/mol. The van der Waals surface area contributed by atoms with Crippen LogP contribution in [-0.2, 0) is 19.1 Å². The van der Waals surface area contributed by atoms with Crippen LogP contribution in [0.5, 0.6) is 0 Å². The van der Waals surface area contributed by atoms with Crippen molar-refractivity contribution in [2.75, 3.05) is 13.7 Å². The number of hydrogen-bond donors (Lipinski definition) is 1. The molecule has 7 nitrogen and oxygen atoms in total. The number of benzene rings is 1. The number of rotatable bonds is 8. The van der Waals surface area contributed by atoms with Crippen LogP contribution >= 0.6 is 11.3 Å². The van der Waals surface area contributed by atoms with E-state index in [9.17, 15) is 14.4 Å². The van der Waals surface area contributed by atoms with Crippen LogP contribution in [0.1, 0.15) is 36.3 Å². The van der Waals surface area contributed by atoms with Crippen molar-refractivity contribution in [2.24, 2.45) is 5.92 Å². The summed E-state index contributed by atoms with van der Waals surface area (Å²) in [5, 5.41) is 4.84. The van der Waals surface area contributed by atoms with E-state index in [0.717, 1.165) is 11.1 Å². The van der Waals surface area contributed by atoms with E-state index in [-0.39, 0.29) is 11.6 Å². The molecule has 0 aliphatic rings. The van der Waals surface area contributed by atoms with Crippen LogP contribution in [0, 0.1) is 12.8 Å². The Kier molecular flexibility index (Phi) is 7.69. The second-order valence-corrected chi connectivity index (χ2v) is 7.29. The summed E-state index contributed by atoms with van der Waals surface area (Å²) in [5.74, 6) is -1.90. The summed E-state index contributed by atoms with van der Waals surface area (Å²) < 4.78 is 9.74. The van der Waals surface area contributed by atoms with Gasteiger partial charge < -0.3 is 14.8 Å². The van der Waals surface area contributed by atoms with Crippen molar-refractivity contribution in [1.29, 1.82) is 0 Å². The van der Waals surface area contributed by atoms with Crippen LogP contribution in [0.25, 0.3) is 10.6 Å². The molecule has 0 radical (unpaired) electrons. The molecular formula is C20H24N2O5S. The van der Waals surface area contributed by atoms with Gasteiger partial charge in [0.1, 0.15) is 11.0 Å². The molecule has 0 saturated heterocycles. The first-order chi connectivity index (χ1) is 13.3. The number of hydrogen-bond acceptors (Lipinski definition) is 7. The predicted octanol–water partition coefficient (Wildman–Crippen LogP) is 2.98. The number of aryl methyl sites for hydroxylation is 1. The van der Waals surface area contributed by atoms with Gasteiger partial charge in [0.2, 0.25) is 0 Å². The molecule has 150 valence electrons. The highest BCUT2D eigenvalue weighted by Gasteiger charge is 2.27. The maximum Gasteiger partial charge on any atom is 0.358 e. The number of nitrogens with one attached hydrogen (secondary N) is 1. The van der Waals surface area contributed by atoms with E-state index in [1.165, 1.54) is 18.4 Å². The summed E-state index contributed by atoms with van der Waals surface area (Å²) in [6.07, 6.45) is 0.681. The molecule has 0 aliphatic heterocycles. The number of ether oxygens (including phenoxy) is 2. The average Bonchev–Trinajstić information content (AvgIpc) is 3.19. The van der Waals surface area contributed by atoms with E-state index in [1.54, 1.807) is 5.38 Å². The van der Waals surface area contributed by atoms with Crippen LogP contribution < -0.4 is 5.32 Å². The van der Waals surface area contributed by atoms with Crippen molar-refractivity contribution >= 4 is 29.2 Å². The minimum absolute atomic E-state index is 0.109. The quantitative estimate of drug-likeness (QED) is 0.680. The standard InChI is InChI=1S/C20H24N2O5S/c1-5-13(3)17(20(25)26-4)22-16(23)10-27-19(24)15-11-28-18(21-15)14-8-6-12(2)7-9-14/h6-9,11,13,17H,5,10H2,1-4H3,(H,22,23)/t13-,17+/m1/s1. The lowest BCUT2D eigenvalue weighted by Crippen LogP contribution is -2.47. The number of methoxy groups -OCH3 is 1. The highest BCUT2D eigenvalue weighted by molar-refractivity contribution is 7.13. The van der Waals surface area contributed by atoms with Crippen molar-refractivity contribution in [3.05, 3.63) is 40.9 Å². The Labute approximate surface area is 168 Å². The summed E-state index contributed by atoms with van der Waals surface area (Å²) in [6, 6.07) is 7.01. The van der Waals surface area contributed by atoms with E-state index in [1.807, 2.05) is 45.0 Å². The van der Waals surface area contributed by atoms with E-state index in [0.29, 0.717) is 11.4 Å². The monoisotopic (exact) mass is 404 g/mol. The molecule has 8 heteroatoms. The maximum atomic E-state index is 12.2. The first kappa shape index (κ1) is 21.6. The van der Waals surface area contributed by atoms with Gasteiger partial charge in [-0.25, -0.2) is 14.6 Å². The molecule has 1 amide bonds. The molecule has 1 aromatic heterocycles. The molecule has 0 unspecified atom stereocenters. The van der Waals surface area contributed by atoms with Crippen molar-refractivity contribution in [2.45, 2.75) is 33.2 Å². The number of thiazole rings is 1. The second-order valence-electron chi connectivity index (χ2n) is 6.43. The summed E-state index contributed by atoms with van der Waals surface area (Å²) in [7, 11) is 1.26. The van der Waals surface area contributed by atoms with Crippen molar-refractivity contribution < 1.29 is 23.9 Å². The zero-order valence-electron chi connectivity index (χ0n) is 16.4. The minimum Gasteiger partial charge on any atom is -0.467 e. The molecule has 0 spiro atoms. The predicted molar refractivity (Wildman–Crippen MR) is 106 cm³/mol. The van der Waals surface area contributed by atoms with Crippen LogP contribution in [0.2, 0.25) is 0 Å². The van der Waals surface area contributed by atoms with Gasteiger partial charge in [-0.05, 0) is 12.8 Å². The smallest absolute Gasteiger partial charge is 0.358 e. The summed E-state index contributed by atoms with van der Waals surface area (Å²) in [4.78, 5) is 40.3. The molecule has 1 N–H and O–H groups in total. The SMILES string of the molecule is CC[C@@H](C)[C@H](NC(=O)COC(=O)c1csc(-c2ccc(C)cc2)n1)C(=O)OC. The van der Waals surface area contributed by atoms with Gasteiger partial charge in [-0.2, -0.15) is 0 Å². The summed E-state index contributed by atoms with van der Waals surface area (Å²) in [6.45, 7) is 5.22. The molecule has 1 heterocycles. The second kappa shape index (κ2) is 9.98. The van der Waals surface area contributed by atoms with Gasteiger partial charge in [0.05, 0.1) is 7.11 Å². The number of nitrogens with zero attached hydrogens (tertiary/aromatic N) is 1. The normalized spacial score (nSPS) is 12.7. The van der Waals surface area contributed by atoms with Gasteiger partial charge in [0, 0.05) is 10.9 Å². The molecule has 2 aromatic rings. The molecule has 0 saturated carbocycles. The Bertz CT molecular complexity index is 831. The van der Waals surface area contributed by atoms with Crippen LogP contribution in [0.3, 0.4) is 0 Å². The first-order valence-electron chi connectivity index (χ1n) is 8.92. The van der Waals surface area contributed by atoms with Gasteiger partial charge in [-0.1, -0.05) is 50.1 Å². The number of carbonyl (C=O) groups excluding carboxylic acids is 3. The highest BCUT2D eigenvalue weighted by atomic mass is 32.1. The van der Waals surface area contributed by atoms with Crippen molar-refractivity contribution in [3.8, 4) is 10.6 Å². The highest BCUT2D eigenvalue weighted by Crippen LogP contribution is 2.24. The number of amides is 1. The Morgan fingerprint density at radius 1 is 1.21 bits per heavy atom. The van der Waals surface area contributed by atoms with E-state index < -0.39 is 30.5 Å². The number of carbonyl (C=O) groups is 3. The lowest BCUT2D eigenvalue weighted by molar-refractivity contribution is -0.147. The molecule has 0 aliphatic carbocycles. The van der Waals surface area contributed by atoms with E-state index in [2.05, 4.69) is 10.3 Å². The topological polar surface area (TPSA) is 94.6 Å². The Balaban J connectivity index is 1.93. The number of esters is 2. The van der Waals surface area contributed by atoms with Crippen LogP contribution in [-0.4, -0.2) is 42.6 Å². The van der Waals surface area contributed by atoms with Gasteiger partial charge in [-0.15, -0.1) is 11.3 Å². The maximum absolute atomic E-state index is 12.2. The fourth-order valence-corrected chi connectivity index (χ4v) is 3.21. The van der Waals surface area contributed by atoms with Crippen molar-refractivity contribution in [1.82, 2.24) is 10.3 Å². The minimum atomic E-state index is -0.784. The van der Waals surface area contributed by atoms with Gasteiger partial charge in [0.25, 0.3) is 5.91 Å². The molecule has 28 heavy (non-hydrogen) atoms. The largest absolute Gasteiger partial charge is 0.467 e. The van der Waals surface area contributed by atoms with Gasteiger partial charge in [0.15, 0.2) is 12.3 Å². The number of aromatic nitrogens is 1. The molecule has 2 rings (SSSR count). The zero-order valence-corrected chi connectivity index (χ0v) is 17.2. The lowest BCUT2D eigenvalue weighted by atomic mass is 9.99. The Hall–Kier alpha value is -2.74. The first-order valence-corrected chi connectivity index (χ1v) is 9.80. The third-order valence-corrected chi connectivity index (χ3v) is 5.22. The molecule has 0 fully saturated rings. The Morgan fingerprint density at radius 2 is 1.89 bits per heavy atom.